The van der Waals surface area contributed by atoms with E-state index in [4.69, 9.17) is 5.84 Å². The van der Waals surface area contributed by atoms with E-state index in [-0.39, 0.29) is 6.04 Å². The zero-order valence-corrected chi connectivity index (χ0v) is 11.3. The standard InChI is InChI=1S/C13H17N7/c1-2-6-19-11(3-4-16-19)13(18-14)10-8-17-20-7-5-15-9-12(10)20/h3-5,7-9,13,18H,2,6,14H2,1H3. The lowest BCUT2D eigenvalue weighted by Crippen LogP contribution is -2.30. The molecule has 3 aromatic heterocycles. The maximum absolute atomic E-state index is 5.76. The van der Waals surface area contributed by atoms with E-state index in [1.807, 2.05) is 23.1 Å². The predicted molar refractivity (Wildman–Crippen MR) is 74.7 cm³/mol. The quantitative estimate of drug-likeness (QED) is 0.531. The summed E-state index contributed by atoms with van der Waals surface area (Å²) in [5, 5.41) is 8.67. The van der Waals surface area contributed by atoms with Gasteiger partial charge >= 0.3 is 0 Å². The van der Waals surface area contributed by atoms with Crippen molar-refractivity contribution in [2.24, 2.45) is 5.84 Å². The number of fused-ring (bicyclic) bond motifs is 1. The van der Waals surface area contributed by atoms with Crippen LogP contribution in [-0.4, -0.2) is 24.4 Å². The molecule has 1 unspecified atom stereocenters. The van der Waals surface area contributed by atoms with E-state index in [1.165, 1.54) is 0 Å². The highest BCUT2D eigenvalue weighted by Crippen LogP contribution is 2.24. The summed E-state index contributed by atoms with van der Waals surface area (Å²) >= 11 is 0. The molecule has 0 bridgehead atoms. The Kier molecular flexibility index (Phi) is 3.44. The van der Waals surface area contributed by atoms with Gasteiger partial charge in [0.2, 0.25) is 0 Å². The van der Waals surface area contributed by atoms with Gasteiger partial charge in [-0.05, 0) is 12.5 Å². The minimum Gasteiger partial charge on any atom is -0.271 e. The van der Waals surface area contributed by atoms with E-state index in [0.29, 0.717) is 0 Å². The first kappa shape index (κ1) is 12.8. The molecular weight excluding hydrogens is 254 g/mol. The van der Waals surface area contributed by atoms with Gasteiger partial charge in [-0.2, -0.15) is 10.2 Å². The molecule has 0 spiro atoms. The van der Waals surface area contributed by atoms with Crippen LogP contribution in [0.5, 0.6) is 0 Å². The van der Waals surface area contributed by atoms with Crippen molar-refractivity contribution in [3.05, 3.63) is 48.3 Å². The zero-order valence-electron chi connectivity index (χ0n) is 11.3. The minimum absolute atomic E-state index is 0.161. The van der Waals surface area contributed by atoms with Crippen molar-refractivity contribution >= 4 is 5.52 Å². The molecule has 0 aliphatic heterocycles. The van der Waals surface area contributed by atoms with Crippen molar-refractivity contribution in [1.29, 1.82) is 0 Å². The van der Waals surface area contributed by atoms with Crippen LogP contribution in [0.25, 0.3) is 5.52 Å². The molecule has 3 aromatic rings. The maximum atomic E-state index is 5.76. The highest BCUT2D eigenvalue weighted by molar-refractivity contribution is 5.55. The first-order valence-corrected chi connectivity index (χ1v) is 6.60. The van der Waals surface area contributed by atoms with Crippen LogP contribution in [0.15, 0.2) is 37.1 Å². The molecule has 0 fully saturated rings. The lowest BCUT2D eigenvalue weighted by molar-refractivity contribution is 0.522. The number of aromatic nitrogens is 5. The van der Waals surface area contributed by atoms with Crippen molar-refractivity contribution in [1.82, 2.24) is 29.8 Å². The number of rotatable bonds is 5. The largest absolute Gasteiger partial charge is 0.271 e. The van der Waals surface area contributed by atoms with Crippen LogP contribution in [0.4, 0.5) is 0 Å². The monoisotopic (exact) mass is 271 g/mol. The molecule has 1 atom stereocenters. The van der Waals surface area contributed by atoms with E-state index >= 15 is 0 Å². The maximum Gasteiger partial charge on any atom is 0.0915 e. The van der Waals surface area contributed by atoms with Crippen LogP contribution in [-0.2, 0) is 6.54 Å². The summed E-state index contributed by atoms with van der Waals surface area (Å²) < 4.78 is 3.75. The molecule has 7 heteroatoms. The molecule has 0 radical (unpaired) electrons. The van der Waals surface area contributed by atoms with Crippen LogP contribution >= 0.6 is 0 Å². The Morgan fingerprint density at radius 3 is 3.00 bits per heavy atom. The fraction of sp³-hybridized carbons (Fsp3) is 0.308. The third-order valence-corrected chi connectivity index (χ3v) is 3.31. The van der Waals surface area contributed by atoms with Crippen LogP contribution in [0.3, 0.4) is 0 Å². The number of hydrogen-bond acceptors (Lipinski definition) is 5. The van der Waals surface area contributed by atoms with Gasteiger partial charge in [-0.25, -0.2) is 9.94 Å². The molecule has 3 heterocycles. The van der Waals surface area contributed by atoms with Crippen LogP contribution < -0.4 is 11.3 Å². The summed E-state index contributed by atoms with van der Waals surface area (Å²) in [6.45, 7) is 2.98. The van der Waals surface area contributed by atoms with Crippen molar-refractivity contribution in [2.75, 3.05) is 0 Å². The average Bonchev–Trinajstić information content (AvgIpc) is 3.09. The molecule has 20 heavy (non-hydrogen) atoms. The Hall–Kier alpha value is -2.25. The molecule has 0 aliphatic carbocycles. The average molecular weight is 271 g/mol. The van der Waals surface area contributed by atoms with E-state index < -0.39 is 0 Å². The normalized spacial score (nSPS) is 12.9. The summed E-state index contributed by atoms with van der Waals surface area (Å²) in [5.41, 5.74) is 5.79. The molecule has 7 nitrogen and oxygen atoms in total. The van der Waals surface area contributed by atoms with Crippen molar-refractivity contribution in [3.63, 3.8) is 0 Å². The fourth-order valence-electron chi connectivity index (χ4n) is 2.40. The van der Waals surface area contributed by atoms with Gasteiger partial charge < -0.3 is 0 Å². The highest BCUT2D eigenvalue weighted by atomic mass is 15.3. The van der Waals surface area contributed by atoms with E-state index in [0.717, 1.165) is 29.7 Å². The minimum atomic E-state index is -0.161. The number of hydrogen-bond donors (Lipinski definition) is 2. The summed E-state index contributed by atoms with van der Waals surface area (Å²) in [7, 11) is 0. The molecule has 0 saturated heterocycles. The lowest BCUT2D eigenvalue weighted by atomic mass is 10.1. The van der Waals surface area contributed by atoms with Gasteiger partial charge in [0.1, 0.15) is 0 Å². The van der Waals surface area contributed by atoms with E-state index in [9.17, 15) is 0 Å². The first-order valence-electron chi connectivity index (χ1n) is 6.60. The number of aryl methyl sites for hydroxylation is 1. The van der Waals surface area contributed by atoms with Gasteiger partial charge in [-0.3, -0.25) is 15.5 Å². The number of nitrogens with one attached hydrogen (secondary N) is 1. The van der Waals surface area contributed by atoms with Gasteiger partial charge in [0.15, 0.2) is 0 Å². The summed E-state index contributed by atoms with van der Waals surface area (Å²) in [6, 6.07) is 1.81. The molecular formula is C13H17N7. The Morgan fingerprint density at radius 1 is 1.30 bits per heavy atom. The second-order valence-corrected chi connectivity index (χ2v) is 4.58. The molecule has 104 valence electrons. The number of nitrogens with zero attached hydrogens (tertiary/aromatic N) is 5. The second kappa shape index (κ2) is 5.40. The number of nitrogens with two attached hydrogens (primary N) is 1. The molecule has 3 N–H and O–H groups in total. The first-order chi connectivity index (χ1) is 9.85. The van der Waals surface area contributed by atoms with Gasteiger partial charge in [-0.15, -0.1) is 0 Å². The second-order valence-electron chi connectivity index (χ2n) is 4.58. The zero-order chi connectivity index (χ0) is 13.9. The van der Waals surface area contributed by atoms with Crippen molar-refractivity contribution in [2.45, 2.75) is 25.9 Å². The van der Waals surface area contributed by atoms with Crippen molar-refractivity contribution in [3.8, 4) is 0 Å². The number of hydrazine groups is 1. The Balaban J connectivity index is 2.07. The predicted octanol–water partition coefficient (Wildman–Crippen LogP) is 0.888. The molecule has 0 amide bonds. The lowest BCUT2D eigenvalue weighted by Gasteiger charge is -2.16. The molecule has 0 aromatic carbocycles. The Bertz CT molecular complexity index is 699. The smallest absolute Gasteiger partial charge is 0.0915 e. The summed E-state index contributed by atoms with van der Waals surface area (Å²) in [6.07, 6.45) is 9.92. The van der Waals surface area contributed by atoms with Gasteiger partial charge in [-0.1, -0.05) is 6.92 Å². The van der Waals surface area contributed by atoms with Gasteiger partial charge in [0, 0.05) is 30.7 Å². The van der Waals surface area contributed by atoms with E-state index in [1.54, 1.807) is 23.1 Å². The topological polar surface area (TPSA) is 86.1 Å². The molecule has 0 aliphatic rings. The summed E-state index contributed by atoms with van der Waals surface area (Å²) in [4.78, 5) is 4.15. The van der Waals surface area contributed by atoms with Crippen LogP contribution in [0.1, 0.15) is 30.6 Å². The SMILES string of the molecule is CCCn1nccc1C(NN)c1cnn2ccncc12. The van der Waals surface area contributed by atoms with E-state index in [2.05, 4.69) is 27.5 Å². The molecule has 0 saturated carbocycles. The van der Waals surface area contributed by atoms with Crippen LogP contribution in [0, 0.1) is 0 Å². The third kappa shape index (κ3) is 2.06. The summed E-state index contributed by atoms with van der Waals surface area (Å²) in [5.74, 6) is 5.76. The fourth-order valence-corrected chi connectivity index (χ4v) is 2.40. The highest BCUT2D eigenvalue weighted by Gasteiger charge is 2.20. The van der Waals surface area contributed by atoms with Gasteiger partial charge in [0.25, 0.3) is 0 Å². The third-order valence-electron chi connectivity index (χ3n) is 3.31. The molecule has 3 rings (SSSR count). The van der Waals surface area contributed by atoms with Gasteiger partial charge in [0.05, 0.1) is 29.6 Å². The Morgan fingerprint density at radius 2 is 2.20 bits per heavy atom. The Labute approximate surface area is 116 Å². The van der Waals surface area contributed by atoms with Crippen LogP contribution in [0.2, 0.25) is 0 Å². The van der Waals surface area contributed by atoms with Crippen molar-refractivity contribution < 1.29 is 0 Å².